The Hall–Kier alpha value is -0.410. The maximum Gasteiger partial charge on any atom is 0.0616 e. The zero-order valence-electron chi connectivity index (χ0n) is 7.63. The second kappa shape index (κ2) is 3.07. The van der Waals surface area contributed by atoms with Crippen molar-refractivity contribution in [2.75, 3.05) is 0 Å². The molecule has 1 aromatic heterocycles. The highest BCUT2D eigenvalue weighted by Gasteiger charge is 2.51. The standard InChI is InChI=1S/C10H13BrN2/c1-2-7-5-10(7,12)9-4-3-8(11)6-13-9/h3-4,6-7H,2,5,12H2,1H3. The minimum Gasteiger partial charge on any atom is -0.320 e. The van der Waals surface area contributed by atoms with E-state index < -0.39 is 0 Å². The first-order valence-electron chi connectivity index (χ1n) is 4.57. The molecule has 13 heavy (non-hydrogen) atoms. The van der Waals surface area contributed by atoms with Gasteiger partial charge in [-0.05, 0) is 40.4 Å². The van der Waals surface area contributed by atoms with E-state index in [9.17, 15) is 0 Å². The third-order valence-corrected chi connectivity index (χ3v) is 3.32. The van der Waals surface area contributed by atoms with Crippen LogP contribution >= 0.6 is 15.9 Å². The molecule has 2 N–H and O–H groups in total. The number of hydrogen-bond donors (Lipinski definition) is 1. The average molecular weight is 241 g/mol. The van der Waals surface area contributed by atoms with Crippen LogP contribution in [0.15, 0.2) is 22.8 Å². The third kappa shape index (κ3) is 1.51. The summed E-state index contributed by atoms with van der Waals surface area (Å²) >= 11 is 3.36. The van der Waals surface area contributed by atoms with Gasteiger partial charge in [-0.25, -0.2) is 0 Å². The fourth-order valence-corrected chi connectivity index (χ4v) is 2.06. The van der Waals surface area contributed by atoms with E-state index in [1.54, 1.807) is 0 Å². The molecule has 0 spiro atoms. The molecule has 70 valence electrons. The number of pyridine rings is 1. The van der Waals surface area contributed by atoms with Gasteiger partial charge in [-0.15, -0.1) is 0 Å². The molecule has 1 heterocycles. The summed E-state index contributed by atoms with van der Waals surface area (Å²) in [5.74, 6) is 0.626. The third-order valence-electron chi connectivity index (χ3n) is 2.85. The molecule has 2 unspecified atom stereocenters. The normalized spacial score (nSPS) is 31.8. The monoisotopic (exact) mass is 240 g/mol. The van der Waals surface area contributed by atoms with Crippen LogP contribution in [0.4, 0.5) is 0 Å². The van der Waals surface area contributed by atoms with Gasteiger partial charge in [0.2, 0.25) is 0 Å². The molecule has 1 fully saturated rings. The van der Waals surface area contributed by atoms with Crippen molar-refractivity contribution in [1.29, 1.82) is 0 Å². The van der Waals surface area contributed by atoms with E-state index in [4.69, 9.17) is 5.73 Å². The molecule has 1 saturated carbocycles. The fraction of sp³-hybridized carbons (Fsp3) is 0.500. The van der Waals surface area contributed by atoms with Crippen LogP contribution in [0, 0.1) is 5.92 Å². The van der Waals surface area contributed by atoms with E-state index in [0.717, 1.165) is 23.0 Å². The Kier molecular flexibility index (Phi) is 2.16. The van der Waals surface area contributed by atoms with Crippen molar-refractivity contribution >= 4 is 15.9 Å². The number of aromatic nitrogens is 1. The fourth-order valence-electron chi connectivity index (χ4n) is 1.82. The number of nitrogens with two attached hydrogens (primary N) is 1. The van der Waals surface area contributed by atoms with Crippen LogP contribution in [0.3, 0.4) is 0 Å². The Morgan fingerprint density at radius 1 is 1.69 bits per heavy atom. The van der Waals surface area contributed by atoms with Crippen LogP contribution in [-0.2, 0) is 5.54 Å². The summed E-state index contributed by atoms with van der Waals surface area (Å²) in [5.41, 5.74) is 7.10. The number of hydrogen-bond acceptors (Lipinski definition) is 2. The van der Waals surface area contributed by atoms with Crippen molar-refractivity contribution in [1.82, 2.24) is 4.98 Å². The smallest absolute Gasteiger partial charge is 0.0616 e. The summed E-state index contributed by atoms with van der Waals surface area (Å²) in [6.07, 6.45) is 4.04. The van der Waals surface area contributed by atoms with Crippen LogP contribution in [0.25, 0.3) is 0 Å². The highest BCUT2D eigenvalue weighted by atomic mass is 79.9. The predicted octanol–water partition coefficient (Wildman–Crippen LogP) is 2.43. The second-order valence-corrected chi connectivity index (χ2v) is 4.63. The first-order valence-corrected chi connectivity index (χ1v) is 5.37. The van der Waals surface area contributed by atoms with Gasteiger partial charge in [-0.3, -0.25) is 4.98 Å². The predicted molar refractivity (Wildman–Crippen MR) is 56.2 cm³/mol. The van der Waals surface area contributed by atoms with Gasteiger partial charge in [0.25, 0.3) is 0 Å². The Labute approximate surface area is 86.7 Å². The summed E-state index contributed by atoms with van der Waals surface area (Å²) < 4.78 is 1.01. The van der Waals surface area contributed by atoms with Crippen molar-refractivity contribution in [3.63, 3.8) is 0 Å². The summed E-state index contributed by atoms with van der Waals surface area (Å²) in [5, 5.41) is 0. The Bertz CT molecular complexity index is 309. The van der Waals surface area contributed by atoms with E-state index >= 15 is 0 Å². The molecule has 0 bridgehead atoms. The second-order valence-electron chi connectivity index (χ2n) is 3.71. The minimum atomic E-state index is -0.130. The number of halogens is 1. The van der Waals surface area contributed by atoms with Crippen molar-refractivity contribution < 1.29 is 0 Å². The molecule has 1 aliphatic carbocycles. The Balaban J connectivity index is 2.23. The highest BCUT2D eigenvalue weighted by Crippen LogP contribution is 2.50. The van der Waals surface area contributed by atoms with Gasteiger partial charge in [0.05, 0.1) is 11.2 Å². The van der Waals surface area contributed by atoms with Gasteiger partial charge < -0.3 is 5.73 Å². The van der Waals surface area contributed by atoms with E-state index in [1.165, 1.54) is 0 Å². The largest absolute Gasteiger partial charge is 0.320 e. The van der Waals surface area contributed by atoms with Gasteiger partial charge in [-0.1, -0.05) is 13.3 Å². The molecule has 0 amide bonds. The lowest BCUT2D eigenvalue weighted by molar-refractivity contribution is 0.598. The molecule has 1 aliphatic rings. The van der Waals surface area contributed by atoms with Gasteiger partial charge in [0.15, 0.2) is 0 Å². The number of rotatable bonds is 2. The van der Waals surface area contributed by atoms with Gasteiger partial charge >= 0.3 is 0 Å². The van der Waals surface area contributed by atoms with Crippen LogP contribution < -0.4 is 5.73 Å². The van der Waals surface area contributed by atoms with E-state index in [0.29, 0.717) is 5.92 Å². The summed E-state index contributed by atoms with van der Waals surface area (Å²) in [7, 11) is 0. The van der Waals surface area contributed by atoms with Crippen molar-refractivity contribution in [2.45, 2.75) is 25.3 Å². The topological polar surface area (TPSA) is 38.9 Å². The highest BCUT2D eigenvalue weighted by molar-refractivity contribution is 9.10. The Morgan fingerprint density at radius 3 is 2.92 bits per heavy atom. The SMILES string of the molecule is CCC1CC1(N)c1ccc(Br)cn1. The average Bonchev–Trinajstić information content (AvgIpc) is 2.80. The first-order chi connectivity index (χ1) is 6.16. The zero-order valence-corrected chi connectivity index (χ0v) is 9.21. The summed E-state index contributed by atoms with van der Waals surface area (Å²) in [6.45, 7) is 2.18. The van der Waals surface area contributed by atoms with E-state index in [1.807, 2.05) is 18.3 Å². The lowest BCUT2D eigenvalue weighted by Gasteiger charge is -2.09. The van der Waals surface area contributed by atoms with Crippen molar-refractivity contribution in [2.24, 2.45) is 11.7 Å². The maximum absolute atomic E-state index is 6.19. The number of nitrogens with zero attached hydrogens (tertiary/aromatic N) is 1. The van der Waals surface area contributed by atoms with Crippen LogP contribution in [0.1, 0.15) is 25.5 Å². The molecule has 2 atom stereocenters. The van der Waals surface area contributed by atoms with Gasteiger partial charge in [0.1, 0.15) is 0 Å². The molecular formula is C10H13BrN2. The minimum absolute atomic E-state index is 0.130. The lowest BCUT2D eigenvalue weighted by Crippen LogP contribution is -2.23. The quantitative estimate of drug-likeness (QED) is 0.863. The molecule has 0 radical (unpaired) electrons. The van der Waals surface area contributed by atoms with Crippen LogP contribution in [0.5, 0.6) is 0 Å². The maximum atomic E-state index is 6.19. The molecule has 0 saturated heterocycles. The van der Waals surface area contributed by atoms with E-state index in [2.05, 4.69) is 27.8 Å². The van der Waals surface area contributed by atoms with Gasteiger partial charge in [0, 0.05) is 10.7 Å². The van der Waals surface area contributed by atoms with Crippen LogP contribution in [-0.4, -0.2) is 4.98 Å². The molecule has 0 aromatic carbocycles. The molecule has 3 heteroatoms. The van der Waals surface area contributed by atoms with Crippen LogP contribution in [0.2, 0.25) is 0 Å². The summed E-state index contributed by atoms with van der Waals surface area (Å²) in [4.78, 5) is 4.34. The Morgan fingerprint density at radius 2 is 2.46 bits per heavy atom. The lowest BCUT2D eigenvalue weighted by atomic mass is 10.1. The van der Waals surface area contributed by atoms with E-state index in [-0.39, 0.29) is 5.54 Å². The molecule has 2 rings (SSSR count). The molecule has 2 nitrogen and oxygen atoms in total. The summed E-state index contributed by atoms with van der Waals surface area (Å²) in [6, 6.07) is 4.02. The molecule has 0 aliphatic heterocycles. The first kappa shape index (κ1) is 9.16. The van der Waals surface area contributed by atoms with Gasteiger partial charge in [-0.2, -0.15) is 0 Å². The van der Waals surface area contributed by atoms with Crippen molar-refractivity contribution in [3.8, 4) is 0 Å². The zero-order chi connectivity index (χ0) is 9.47. The molecule has 1 aromatic rings. The molecular weight excluding hydrogens is 228 g/mol. The van der Waals surface area contributed by atoms with Crippen molar-refractivity contribution in [3.05, 3.63) is 28.5 Å².